The SMILES string of the molecule is CCNC(=NCCCN1CCCCC1C)NC1CC1.I. The summed E-state index contributed by atoms with van der Waals surface area (Å²) in [6.07, 6.45) is 7.93. The minimum Gasteiger partial charge on any atom is -0.357 e. The monoisotopic (exact) mass is 394 g/mol. The average molecular weight is 394 g/mol. The Balaban J connectivity index is 0.00000200. The van der Waals surface area contributed by atoms with Crippen LogP contribution in [0.4, 0.5) is 0 Å². The summed E-state index contributed by atoms with van der Waals surface area (Å²) >= 11 is 0. The third-order valence-corrected chi connectivity index (χ3v) is 4.08. The highest BCUT2D eigenvalue weighted by atomic mass is 127. The lowest BCUT2D eigenvalue weighted by atomic mass is 10.0. The van der Waals surface area contributed by atoms with Gasteiger partial charge in [0.25, 0.3) is 0 Å². The van der Waals surface area contributed by atoms with Gasteiger partial charge >= 0.3 is 0 Å². The van der Waals surface area contributed by atoms with E-state index in [0.717, 1.165) is 25.1 Å². The number of guanidine groups is 1. The minimum absolute atomic E-state index is 0. The molecule has 2 rings (SSSR count). The van der Waals surface area contributed by atoms with Crippen molar-refractivity contribution in [1.29, 1.82) is 0 Å². The van der Waals surface area contributed by atoms with Gasteiger partial charge in [-0.05, 0) is 52.5 Å². The Morgan fingerprint density at radius 3 is 2.70 bits per heavy atom. The van der Waals surface area contributed by atoms with Crippen LogP contribution in [0.1, 0.15) is 52.4 Å². The molecule has 20 heavy (non-hydrogen) atoms. The molecule has 0 aromatic rings. The van der Waals surface area contributed by atoms with Crippen LogP contribution >= 0.6 is 24.0 Å². The third-order valence-electron chi connectivity index (χ3n) is 4.08. The highest BCUT2D eigenvalue weighted by Crippen LogP contribution is 2.18. The molecule has 1 atom stereocenters. The normalized spacial score (nSPS) is 24.1. The second-order valence-corrected chi connectivity index (χ2v) is 5.91. The Morgan fingerprint density at radius 1 is 1.25 bits per heavy atom. The number of hydrogen-bond donors (Lipinski definition) is 2. The summed E-state index contributed by atoms with van der Waals surface area (Å²) in [7, 11) is 0. The van der Waals surface area contributed by atoms with Gasteiger partial charge in [-0.3, -0.25) is 4.99 Å². The van der Waals surface area contributed by atoms with Crippen molar-refractivity contribution in [2.75, 3.05) is 26.2 Å². The molecule has 2 fully saturated rings. The number of nitrogens with zero attached hydrogens (tertiary/aromatic N) is 2. The molecule has 0 amide bonds. The van der Waals surface area contributed by atoms with Crippen molar-refractivity contribution in [2.24, 2.45) is 4.99 Å². The molecular formula is C15H31IN4. The van der Waals surface area contributed by atoms with Crippen LogP contribution < -0.4 is 10.6 Å². The van der Waals surface area contributed by atoms with Crippen LogP contribution in [-0.4, -0.2) is 49.1 Å². The van der Waals surface area contributed by atoms with E-state index in [1.807, 2.05) is 0 Å². The van der Waals surface area contributed by atoms with Gasteiger partial charge in [-0.2, -0.15) is 0 Å². The maximum absolute atomic E-state index is 4.67. The number of aliphatic imine (C=N–C) groups is 1. The fourth-order valence-corrected chi connectivity index (χ4v) is 2.70. The highest BCUT2D eigenvalue weighted by molar-refractivity contribution is 14.0. The second-order valence-electron chi connectivity index (χ2n) is 5.91. The number of nitrogens with one attached hydrogen (secondary N) is 2. The lowest BCUT2D eigenvalue weighted by molar-refractivity contribution is 0.160. The fraction of sp³-hybridized carbons (Fsp3) is 0.933. The zero-order valence-electron chi connectivity index (χ0n) is 13.0. The number of hydrogen-bond acceptors (Lipinski definition) is 2. The molecule has 0 bridgehead atoms. The van der Waals surface area contributed by atoms with Gasteiger partial charge < -0.3 is 15.5 Å². The van der Waals surface area contributed by atoms with E-state index in [1.54, 1.807) is 0 Å². The largest absolute Gasteiger partial charge is 0.357 e. The minimum atomic E-state index is 0. The summed E-state index contributed by atoms with van der Waals surface area (Å²) in [5.74, 6) is 1.01. The number of likely N-dealkylation sites (tertiary alicyclic amines) is 1. The van der Waals surface area contributed by atoms with E-state index in [4.69, 9.17) is 0 Å². The van der Waals surface area contributed by atoms with Crippen LogP contribution in [0.2, 0.25) is 0 Å². The first-order chi connectivity index (χ1) is 9.29. The van der Waals surface area contributed by atoms with Crippen molar-refractivity contribution in [2.45, 2.75) is 64.5 Å². The smallest absolute Gasteiger partial charge is 0.191 e. The van der Waals surface area contributed by atoms with Crippen molar-refractivity contribution in [3.8, 4) is 0 Å². The Labute approximate surface area is 141 Å². The molecule has 1 saturated carbocycles. The standard InChI is InChI=1S/C15H30N4.HI/c1-3-16-15(18-14-8-9-14)17-10-6-12-19-11-5-4-7-13(19)2;/h13-14H,3-12H2,1-2H3,(H2,16,17,18);1H. The third kappa shape index (κ3) is 6.61. The molecule has 1 heterocycles. The van der Waals surface area contributed by atoms with Crippen LogP contribution in [0.5, 0.6) is 0 Å². The van der Waals surface area contributed by atoms with Crippen LogP contribution in [0, 0.1) is 0 Å². The maximum Gasteiger partial charge on any atom is 0.191 e. The summed E-state index contributed by atoms with van der Waals surface area (Å²) in [6, 6.07) is 1.45. The van der Waals surface area contributed by atoms with Crippen molar-refractivity contribution in [1.82, 2.24) is 15.5 Å². The molecular weight excluding hydrogens is 363 g/mol. The van der Waals surface area contributed by atoms with Crippen molar-refractivity contribution < 1.29 is 0 Å². The molecule has 1 aliphatic heterocycles. The topological polar surface area (TPSA) is 39.7 Å². The number of halogens is 1. The molecule has 1 aliphatic carbocycles. The molecule has 0 aromatic carbocycles. The van der Waals surface area contributed by atoms with Crippen LogP contribution in [0.3, 0.4) is 0 Å². The number of piperidine rings is 1. The zero-order chi connectivity index (χ0) is 13.5. The summed E-state index contributed by atoms with van der Waals surface area (Å²) < 4.78 is 0. The zero-order valence-corrected chi connectivity index (χ0v) is 15.4. The lowest BCUT2D eigenvalue weighted by Gasteiger charge is -2.33. The first-order valence-corrected chi connectivity index (χ1v) is 8.08. The van der Waals surface area contributed by atoms with E-state index in [2.05, 4.69) is 34.4 Å². The summed E-state index contributed by atoms with van der Waals surface area (Å²) in [4.78, 5) is 7.30. The molecule has 0 spiro atoms. The second kappa shape index (κ2) is 9.82. The van der Waals surface area contributed by atoms with Crippen LogP contribution in [-0.2, 0) is 0 Å². The van der Waals surface area contributed by atoms with E-state index in [1.165, 1.54) is 51.6 Å². The van der Waals surface area contributed by atoms with E-state index in [0.29, 0.717) is 6.04 Å². The Bertz CT molecular complexity index is 292. The van der Waals surface area contributed by atoms with Gasteiger partial charge in [0.05, 0.1) is 0 Å². The molecule has 2 N–H and O–H groups in total. The average Bonchev–Trinajstić information content (AvgIpc) is 3.20. The van der Waals surface area contributed by atoms with Crippen LogP contribution in [0.25, 0.3) is 0 Å². The van der Waals surface area contributed by atoms with E-state index >= 15 is 0 Å². The van der Waals surface area contributed by atoms with Gasteiger partial charge in [-0.15, -0.1) is 24.0 Å². The molecule has 0 aromatic heterocycles. The summed E-state index contributed by atoms with van der Waals surface area (Å²) in [6.45, 7) is 8.85. The molecule has 1 saturated heterocycles. The van der Waals surface area contributed by atoms with E-state index < -0.39 is 0 Å². The number of rotatable bonds is 6. The summed E-state index contributed by atoms with van der Waals surface area (Å²) in [5, 5.41) is 6.79. The van der Waals surface area contributed by atoms with Crippen molar-refractivity contribution >= 4 is 29.9 Å². The quantitative estimate of drug-likeness (QED) is 0.315. The van der Waals surface area contributed by atoms with Gasteiger partial charge in [-0.25, -0.2) is 0 Å². The van der Waals surface area contributed by atoms with Crippen LogP contribution in [0.15, 0.2) is 4.99 Å². The molecule has 118 valence electrons. The Morgan fingerprint density at radius 2 is 2.05 bits per heavy atom. The molecule has 4 nitrogen and oxygen atoms in total. The Hall–Kier alpha value is -0.0400. The maximum atomic E-state index is 4.67. The highest BCUT2D eigenvalue weighted by Gasteiger charge is 2.22. The predicted octanol–water partition coefficient (Wildman–Crippen LogP) is 2.59. The van der Waals surface area contributed by atoms with Gasteiger partial charge in [0.15, 0.2) is 5.96 Å². The molecule has 5 heteroatoms. The fourth-order valence-electron chi connectivity index (χ4n) is 2.70. The van der Waals surface area contributed by atoms with Gasteiger partial charge in [0.1, 0.15) is 0 Å². The van der Waals surface area contributed by atoms with Gasteiger partial charge in [0, 0.05) is 31.7 Å². The first kappa shape index (κ1) is 18.0. The lowest BCUT2D eigenvalue weighted by Crippen LogP contribution is -2.39. The van der Waals surface area contributed by atoms with Crippen molar-refractivity contribution in [3.05, 3.63) is 0 Å². The summed E-state index contributed by atoms with van der Waals surface area (Å²) in [5.41, 5.74) is 0. The van der Waals surface area contributed by atoms with E-state index in [-0.39, 0.29) is 24.0 Å². The Kier molecular flexibility index (Phi) is 8.84. The first-order valence-electron chi connectivity index (χ1n) is 8.08. The molecule has 0 radical (unpaired) electrons. The van der Waals surface area contributed by atoms with Gasteiger partial charge in [-0.1, -0.05) is 6.42 Å². The van der Waals surface area contributed by atoms with Gasteiger partial charge in [0.2, 0.25) is 0 Å². The molecule has 2 aliphatic rings. The van der Waals surface area contributed by atoms with Crippen molar-refractivity contribution in [3.63, 3.8) is 0 Å². The predicted molar refractivity (Wildman–Crippen MR) is 97.1 cm³/mol. The van der Waals surface area contributed by atoms with E-state index in [9.17, 15) is 0 Å². The molecule has 1 unspecified atom stereocenters.